The smallest absolute Gasteiger partial charge is 0.0876 e. The molecule has 0 saturated carbocycles. The lowest BCUT2D eigenvalue weighted by Gasteiger charge is -2.36. The second kappa shape index (κ2) is 5.87. The molecule has 0 bridgehead atoms. The second-order valence-electron chi connectivity index (χ2n) is 5.32. The highest BCUT2D eigenvalue weighted by Crippen LogP contribution is 2.34. The van der Waals surface area contributed by atoms with E-state index in [0.717, 1.165) is 45.4 Å². The molecule has 0 aromatic carbocycles. The van der Waals surface area contributed by atoms with Gasteiger partial charge in [0.1, 0.15) is 0 Å². The van der Waals surface area contributed by atoms with Gasteiger partial charge in [-0.05, 0) is 51.1 Å². The average molecular weight is 239 g/mol. The minimum atomic E-state index is -0.0400. The number of ether oxygens (including phenoxy) is 2. The van der Waals surface area contributed by atoms with Crippen molar-refractivity contribution in [1.29, 1.82) is 0 Å². The molecule has 1 saturated heterocycles. The molecule has 3 heteroatoms. The SMILES string of the molecule is CCCNC(C1=COCCC1)C1(C)CCCO1. The summed E-state index contributed by atoms with van der Waals surface area (Å²) in [5.41, 5.74) is 1.34. The highest BCUT2D eigenvalue weighted by atomic mass is 16.5. The van der Waals surface area contributed by atoms with Crippen molar-refractivity contribution in [3.8, 4) is 0 Å². The molecular weight excluding hydrogens is 214 g/mol. The molecule has 2 aliphatic rings. The third-order valence-corrected chi connectivity index (χ3v) is 3.79. The Hall–Kier alpha value is -0.540. The predicted molar refractivity (Wildman–Crippen MR) is 68.9 cm³/mol. The van der Waals surface area contributed by atoms with Gasteiger partial charge in [0.05, 0.1) is 24.5 Å². The molecule has 17 heavy (non-hydrogen) atoms. The molecule has 0 aromatic heterocycles. The van der Waals surface area contributed by atoms with Gasteiger partial charge in [-0.1, -0.05) is 6.92 Å². The van der Waals surface area contributed by atoms with Crippen molar-refractivity contribution in [3.05, 3.63) is 11.8 Å². The first-order chi connectivity index (χ1) is 8.26. The minimum Gasteiger partial charge on any atom is -0.501 e. The van der Waals surface area contributed by atoms with Crippen molar-refractivity contribution in [2.75, 3.05) is 19.8 Å². The van der Waals surface area contributed by atoms with E-state index in [0.29, 0.717) is 6.04 Å². The van der Waals surface area contributed by atoms with Gasteiger partial charge < -0.3 is 14.8 Å². The topological polar surface area (TPSA) is 30.5 Å². The van der Waals surface area contributed by atoms with Gasteiger partial charge in [0, 0.05) is 6.61 Å². The van der Waals surface area contributed by atoms with E-state index in [4.69, 9.17) is 9.47 Å². The van der Waals surface area contributed by atoms with Gasteiger partial charge in [-0.3, -0.25) is 0 Å². The Morgan fingerprint density at radius 2 is 2.29 bits per heavy atom. The summed E-state index contributed by atoms with van der Waals surface area (Å²) in [6.07, 6.45) is 7.71. The summed E-state index contributed by atoms with van der Waals surface area (Å²) in [6.45, 7) is 7.24. The number of hydrogen-bond acceptors (Lipinski definition) is 3. The van der Waals surface area contributed by atoms with Crippen LogP contribution < -0.4 is 5.32 Å². The van der Waals surface area contributed by atoms with Gasteiger partial charge in [0.15, 0.2) is 0 Å². The molecular formula is C14H25NO2. The zero-order chi connectivity index (χ0) is 12.1. The summed E-state index contributed by atoms with van der Waals surface area (Å²) in [5, 5.41) is 3.65. The molecule has 0 aromatic rings. The van der Waals surface area contributed by atoms with Crippen LogP contribution in [0.4, 0.5) is 0 Å². The van der Waals surface area contributed by atoms with E-state index in [1.807, 2.05) is 6.26 Å². The van der Waals surface area contributed by atoms with Crippen LogP contribution >= 0.6 is 0 Å². The van der Waals surface area contributed by atoms with Crippen LogP contribution in [0.1, 0.15) is 46.0 Å². The fraction of sp³-hybridized carbons (Fsp3) is 0.857. The van der Waals surface area contributed by atoms with Crippen LogP contribution in [0.2, 0.25) is 0 Å². The van der Waals surface area contributed by atoms with E-state index in [1.165, 1.54) is 12.0 Å². The number of nitrogens with one attached hydrogen (secondary N) is 1. The van der Waals surface area contributed by atoms with E-state index in [1.54, 1.807) is 0 Å². The lowest BCUT2D eigenvalue weighted by atomic mass is 9.85. The molecule has 1 N–H and O–H groups in total. The van der Waals surface area contributed by atoms with E-state index < -0.39 is 0 Å². The third-order valence-electron chi connectivity index (χ3n) is 3.79. The maximum atomic E-state index is 5.99. The Morgan fingerprint density at radius 1 is 1.41 bits per heavy atom. The van der Waals surface area contributed by atoms with Gasteiger partial charge >= 0.3 is 0 Å². The Labute approximate surface area is 105 Å². The Kier molecular flexibility index (Phi) is 4.46. The van der Waals surface area contributed by atoms with Gasteiger partial charge in [0.25, 0.3) is 0 Å². The Balaban J connectivity index is 2.08. The van der Waals surface area contributed by atoms with Gasteiger partial charge in [-0.2, -0.15) is 0 Å². The van der Waals surface area contributed by atoms with Crippen LogP contribution in [0, 0.1) is 0 Å². The van der Waals surface area contributed by atoms with Crippen molar-refractivity contribution < 1.29 is 9.47 Å². The highest BCUT2D eigenvalue weighted by Gasteiger charge is 2.40. The highest BCUT2D eigenvalue weighted by molar-refractivity contribution is 5.17. The molecule has 0 amide bonds. The summed E-state index contributed by atoms with van der Waals surface area (Å²) in [7, 11) is 0. The first kappa shape index (κ1) is 12.9. The van der Waals surface area contributed by atoms with Crippen molar-refractivity contribution >= 4 is 0 Å². The molecule has 98 valence electrons. The Morgan fingerprint density at radius 3 is 2.88 bits per heavy atom. The molecule has 2 unspecified atom stereocenters. The normalized spacial score (nSPS) is 30.8. The zero-order valence-corrected chi connectivity index (χ0v) is 11.1. The molecule has 2 atom stereocenters. The van der Waals surface area contributed by atoms with Gasteiger partial charge in [-0.15, -0.1) is 0 Å². The van der Waals surface area contributed by atoms with E-state index in [9.17, 15) is 0 Å². The predicted octanol–water partition coefficient (Wildman–Crippen LogP) is 2.62. The largest absolute Gasteiger partial charge is 0.501 e. The monoisotopic (exact) mass is 239 g/mol. The first-order valence-electron chi connectivity index (χ1n) is 6.94. The van der Waals surface area contributed by atoms with Crippen molar-refractivity contribution in [1.82, 2.24) is 5.32 Å². The van der Waals surface area contributed by atoms with E-state index in [-0.39, 0.29) is 5.60 Å². The standard InChI is InChI=1S/C14H25NO2/c1-3-8-15-13(12-6-4-9-16-11-12)14(2)7-5-10-17-14/h11,13,15H,3-10H2,1-2H3. The van der Waals surface area contributed by atoms with Crippen LogP contribution in [0.15, 0.2) is 11.8 Å². The lowest BCUT2D eigenvalue weighted by Crippen LogP contribution is -2.50. The molecule has 3 nitrogen and oxygen atoms in total. The maximum absolute atomic E-state index is 5.99. The number of hydrogen-bond donors (Lipinski definition) is 1. The fourth-order valence-electron chi connectivity index (χ4n) is 2.85. The van der Waals surface area contributed by atoms with Gasteiger partial charge in [-0.25, -0.2) is 0 Å². The van der Waals surface area contributed by atoms with Crippen LogP contribution in [-0.2, 0) is 9.47 Å². The maximum Gasteiger partial charge on any atom is 0.0876 e. The second-order valence-corrected chi connectivity index (χ2v) is 5.32. The van der Waals surface area contributed by atoms with Crippen LogP contribution in [0.5, 0.6) is 0 Å². The molecule has 0 aliphatic carbocycles. The summed E-state index contributed by atoms with van der Waals surface area (Å²) < 4.78 is 11.5. The molecule has 1 fully saturated rings. The molecule has 0 spiro atoms. The summed E-state index contributed by atoms with van der Waals surface area (Å²) in [6, 6.07) is 0.324. The van der Waals surface area contributed by atoms with E-state index >= 15 is 0 Å². The average Bonchev–Trinajstić information content (AvgIpc) is 2.79. The third kappa shape index (κ3) is 3.02. The van der Waals surface area contributed by atoms with Crippen LogP contribution in [0.3, 0.4) is 0 Å². The number of rotatable bonds is 5. The fourth-order valence-corrected chi connectivity index (χ4v) is 2.85. The molecule has 2 heterocycles. The first-order valence-corrected chi connectivity index (χ1v) is 6.94. The van der Waals surface area contributed by atoms with E-state index in [2.05, 4.69) is 19.2 Å². The zero-order valence-electron chi connectivity index (χ0n) is 11.1. The Bertz CT molecular complexity index is 269. The van der Waals surface area contributed by atoms with Crippen molar-refractivity contribution in [2.24, 2.45) is 0 Å². The van der Waals surface area contributed by atoms with Crippen molar-refractivity contribution in [3.63, 3.8) is 0 Å². The molecule has 0 radical (unpaired) electrons. The van der Waals surface area contributed by atoms with Gasteiger partial charge in [0.2, 0.25) is 0 Å². The van der Waals surface area contributed by atoms with Crippen LogP contribution in [-0.4, -0.2) is 31.4 Å². The molecule has 2 aliphatic heterocycles. The minimum absolute atomic E-state index is 0.0400. The molecule has 2 rings (SSSR count). The summed E-state index contributed by atoms with van der Waals surface area (Å²) in [5.74, 6) is 0. The quantitative estimate of drug-likeness (QED) is 0.800. The summed E-state index contributed by atoms with van der Waals surface area (Å²) in [4.78, 5) is 0. The van der Waals surface area contributed by atoms with Crippen LogP contribution in [0.25, 0.3) is 0 Å². The lowest BCUT2D eigenvalue weighted by molar-refractivity contribution is -0.00445. The summed E-state index contributed by atoms with van der Waals surface area (Å²) >= 11 is 0. The van der Waals surface area contributed by atoms with Crippen molar-refractivity contribution in [2.45, 2.75) is 57.6 Å².